The van der Waals surface area contributed by atoms with Crippen LogP contribution in [0.2, 0.25) is 0 Å². The van der Waals surface area contributed by atoms with Crippen molar-refractivity contribution < 1.29 is 9.13 Å². The molecule has 0 aliphatic carbocycles. The number of fused-ring (bicyclic) bond motifs is 4. The van der Waals surface area contributed by atoms with Gasteiger partial charge in [-0.2, -0.15) is 0 Å². The number of nitrogens with zero attached hydrogens (tertiary/aromatic N) is 2. The maximum absolute atomic E-state index is 17.3. The fraction of sp³-hybridized carbons (Fsp3) is 0. The van der Waals surface area contributed by atoms with Crippen molar-refractivity contribution in [2.75, 3.05) is 9.80 Å². The van der Waals surface area contributed by atoms with Crippen LogP contribution < -0.4 is 14.5 Å². The van der Waals surface area contributed by atoms with Crippen molar-refractivity contribution in [2.45, 2.75) is 0 Å². The summed E-state index contributed by atoms with van der Waals surface area (Å²) in [4.78, 5) is 4.37. The average Bonchev–Trinajstić information content (AvgIpc) is 3.38. The van der Waals surface area contributed by atoms with Gasteiger partial charge in [0, 0.05) is 50.9 Å². The molecule has 0 unspecified atom stereocenters. The van der Waals surface area contributed by atoms with Crippen LogP contribution in [-0.2, 0) is 0 Å². The van der Waals surface area contributed by atoms with Gasteiger partial charge in [-0.1, -0.05) is 164 Å². The first kappa shape index (κ1) is 38.9. The van der Waals surface area contributed by atoms with Gasteiger partial charge in [-0.25, -0.2) is 4.39 Å². The SMILES string of the molecule is Fc1cc(-c2ccccc2)cc(-c2ccccc2)c1N(c1ccccc1)c1ccc2cc3c4c(cccc4c2c1)Oc1cc(N(c2ccccc2)c2ccccc2-c2ccccc2)ccc1-3. The molecule has 0 saturated heterocycles. The Morgan fingerprint density at radius 3 is 1.59 bits per heavy atom. The molecule has 0 saturated carbocycles. The highest BCUT2D eigenvalue weighted by molar-refractivity contribution is 6.18. The summed E-state index contributed by atoms with van der Waals surface area (Å²) in [6.45, 7) is 0. The van der Waals surface area contributed by atoms with Crippen LogP contribution in [-0.4, -0.2) is 0 Å². The molecule has 11 aromatic carbocycles. The van der Waals surface area contributed by atoms with E-state index in [4.69, 9.17) is 4.74 Å². The van der Waals surface area contributed by atoms with Gasteiger partial charge >= 0.3 is 0 Å². The summed E-state index contributed by atoms with van der Waals surface area (Å²) in [5.74, 6) is 1.28. The van der Waals surface area contributed by atoms with Gasteiger partial charge < -0.3 is 14.5 Å². The minimum atomic E-state index is -0.310. The van der Waals surface area contributed by atoms with E-state index in [-0.39, 0.29) is 5.82 Å². The van der Waals surface area contributed by atoms with Crippen molar-refractivity contribution in [3.05, 3.63) is 255 Å². The highest BCUT2D eigenvalue weighted by Crippen LogP contribution is 2.52. The van der Waals surface area contributed by atoms with Crippen molar-refractivity contribution >= 4 is 55.7 Å². The van der Waals surface area contributed by atoms with E-state index >= 15 is 4.39 Å². The molecule has 11 aromatic rings. The Morgan fingerprint density at radius 2 is 0.894 bits per heavy atom. The molecule has 0 bridgehead atoms. The number of rotatable bonds is 9. The number of ether oxygens (including phenoxy) is 1. The van der Waals surface area contributed by atoms with Gasteiger partial charge in [-0.3, -0.25) is 0 Å². The zero-order valence-corrected chi connectivity index (χ0v) is 35.9. The molecular formula is C62H41FN2O. The molecule has 1 aliphatic heterocycles. The Labute approximate surface area is 383 Å². The number of hydrogen-bond donors (Lipinski definition) is 0. The molecule has 66 heavy (non-hydrogen) atoms. The quantitative estimate of drug-likeness (QED) is 0.135. The Morgan fingerprint density at radius 1 is 0.318 bits per heavy atom. The van der Waals surface area contributed by atoms with Gasteiger partial charge in [-0.15, -0.1) is 0 Å². The molecular weight excluding hydrogens is 808 g/mol. The average molecular weight is 849 g/mol. The molecule has 312 valence electrons. The van der Waals surface area contributed by atoms with Crippen LogP contribution in [0.1, 0.15) is 0 Å². The van der Waals surface area contributed by atoms with E-state index in [0.717, 1.165) is 106 Å². The predicted octanol–water partition coefficient (Wildman–Crippen LogP) is 17.8. The molecule has 0 spiro atoms. The van der Waals surface area contributed by atoms with Crippen LogP contribution in [0, 0.1) is 5.82 Å². The van der Waals surface area contributed by atoms with E-state index in [2.05, 4.69) is 168 Å². The van der Waals surface area contributed by atoms with E-state index in [1.807, 2.05) is 84.9 Å². The maximum Gasteiger partial charge on any atom is 0.148 e. The summed E-state index contributed by atoms with van der Waals surface area (Å²) in [6.07, 6.45) is 0. The van der Waals surface area contributed by atoms with Gasteiger partial charge in [0.1, 0.15) is 17.3 Å². The summed E-state index contributed by atoms with van der Waals surface area (Å²) < 4.78 is 24.2. The standard InChI is InChI=1S/C62H41FN2O/c63-57-39-46(42-19-6-1-7-20-42)38-55(44-23-10-3-11-24-44)62(57)65(48-27-14-5-15-28-48)49-34-33-45-37-56-52-36-35-50(41-60(52)66-59-32-18-30-53(61(56)59)54(45)40-49)64(47-25-12-4-13-26-47)58-31-17-16-29-51(58)43-21-8-2-9-22-43/h1-41H. The molecule has 1 heterocycles. The Balaban J connectivity index is 1.01. The lowest BCUT2D eigenvalue weighted by Crippen LogP contribution is -2.13. The van der Waals surface area contributed by atoms with Crippen LogP contribution >= 0.6 is 0 Å². The third-order valence-corrected chi connectivity index (χ3v) is 12.7. The topological polar surface area (TPSA) is 15.7 Å². The second-order valence-corrected chi connectivity index (χ2v) is 16.6. The molecule has 0 amide bonds. The van der Waals surface area contributed by atoms with Gasteiger partial charge in [0.05, 0.1) is 11.4 Å². The molecule has 0 fully saturated rings. The monoisotopic (exact) mass is 848 g/mol. The molecule has 0 aromatic heterocycles. The van der Waals surface area contributed by atoms with E-state index in [9.17, 15) is 0 Å². The van der Waals surface area contributed by atoms with E-state index in [1.54, 1.807) is 6.07 Å². The van der Waals surface area contributed by atoms with Crippen molar-refractivity contribution in [3.63, 3.8) is 0 Å². The second kappa shape index (κ2) is 16.4. The third-order valence-electron chi connectivity index (χ3n) is 12.7. The molecule has 1 aliphatic rings. The molecule has 3 nitrogen and oxygen atoms in total. The largest absolute Gasteiger partial charge is 0.456 e. The zero-order chi connectivity index (χ0) is 44.0. The lowest BCUT2D eigenvalue weighted by Gasteiger charge is -2.30. The number of para-hydroxylation sites is 3. The van der Waals surface area contributed by atoms with Gasteiger partial charge in [-0.05, 0) is 123 Å². The Bertz CT molecular complexity index is 3560. The van der Waals surface area contributed by atoms with Crippen molar-refractivity contribution in [1.29, 1.82) is 0 Å². The predicted molar refractivity (Wildman–Crippen MR) is 273 cm³/mol. The van der Waals surface area contributed by atoms with E-state index in [0.29, 0.717) is 5.69 Å². The van der Waals surface area contributed by atoms with Crippen LogP contribution in [0.15, 0.2) is 249 Å². The summed E-state index contributed by atoms with van der Waals surface area (Å²) >= 11 is 0. The smallest absolute Gasteiger partial charge is 0.148 e. The highest BCUT2D eigenvalue weighted by atomic mass is 19.1. The van der Waals surface area contributed by atoms with E-state index in [1.165, 1.54) is 0 Å². The first-order chi connectivity index (χ1) is 32.7. The molecule has 4 heteroatoms. The van der Waals surface area contributed by atoms with Crippen molar-refractivity contribution in [2.24, 2.45) is 0 Å². The summed E-state index contributed by atoms with van der Waals surface area (Å²) in [6, 6.07) is 85.2. The first-order valence-corrected chi connectivity index (χ1v) is 22.3. The summed E-state index contributed by atoms with van der Waals surface area (Å²) in [7, 11) is 0. The fourth-order valence-corrected chi connectivity index (χ4v) is 9.66. The lowest BCUT2D eigenvalue weighted by molar-refractivity contribution is 0.487. The minimum Gasteiger partial charge on any atom is -0.456 e. The van der Waals surface area contributed by atoms with Crippen molar-refractivity contribution in [3.8, 4) is 56.0 Å². The Hall–Kier alpha value is -8.73. The van der Waals surface area contributed by atoms with Gasteiger partial charge in [0.15, 0.2) is 0 Å². The number of benzene rings is 11. The summed E-state index contributed by atoms with van der Waals surface area (Å²) in [5, 5.41) is 4.24. The molecule has 0 N–H and O–H groups in total. The van der Waals surface area contributed by atoms with Crippen LogP contribution in [0.3, 0.4) is 0 Å². The lowest BCUT2D eigenvalue weighted by atomic mass is 9.90. The van der Waals surface area contributed by atoms with Crippen LogP contribution in [0.25, 0.3) is 66.1 Å². The molecule has 0 atom stereocenters. The minimum absolute atomic E-state index is 0.310. The van der Waals surface area contributed by atoms with Crippen LogP contribution in [0.4, 0.5) is 38.5 Å². The molecule has 0 radical (unpaired) electrons. The number of hydrogen-bond acceptors (Lipinski definition) is 3. The van der Waals surface area contributed by atoms with E-state index < -0.39 is 0 Å². The number of anilines is 6. The van der Waals surface area contributed by atoms with Gasteiger partial charge in [0.2, 0.25) is 0 Å². The third kappa shape index (κ3) is 6.84. The van der Waals surface area contributed by atoms with Gasteiger partial charge in [0.25, 0.3) is 0 Å². The highest BCUT2D eigenvalue weighted by Gasteiger charge is 2.27. The first-order valence-electron chi connectivity index (χ1n) is 22.3. The zero-order valence-electron chi connectivity index (χ0n) is 35.9. The maximum atomic E-state index is 17.3. The fourth-order valence-electron chi connectivity index (χ4n) is 9.66. The normalized spacial score (nSPS) is 11.5. The Kier molecular flexibility index (Phi) is 9.69. The second-order valence-electron chi connectivity index (χ2n) is 16.6. The number of halogens is 1. The van der Waals surface area contributed by atoms with Crippen molar-refractivity contribution in [1.82, 2.24) is 0 Å². The van der Waals surface area contributed by atoms with Crippen LogP contribution in [0.5, 0.6) is 11.5 Å². The molecule has 12 rings (SSSR count). The summed E-state index contributed by atoms with van der Waals surface area (Å²) in [5.41, 5.74) is 13.2.